The highest BCUT2D eigenvalue weighted by molar-refractivity contribution is 5.94. The molecule has 0 aliphatic rings. The van der Waals surface area contributed by atoms with Gasteiger partial charge < -0.3 is 16.0 Å². The Morgan fingerprint density at radius 3 is 2.47 bits per heavy atom. The summed E-state index contributed by atoms with van der Waals surface area (Å²) in [6.07, 6.45) is 1.59. The minimum Gasteiger partial charge on any atom is -0.363 e. The maximum absolute atomic E-state index is 12.2. The van der Waals surface area contributed by atoms with E-state index in [1.54, 1.807) is 12.3 Å². The molecule has 1 amide bonds. The maximum Gasteiger partial charge on any atom is 0.253 e. The third kappa shape index (κ3) is 3.67. The number of nitrogens with zero attached hydrogens (tertiary/aromatic N) is 2. The number of carbonyl (C=O) groups excluding carboxylic acids is 1. The molecule has 1 unspecified atom stereocenters. The standard InChI is InChI=1S/C14H24N4O/c1-10(2)14(3,9-15)17-13(19)11-6-7-12(16-8-11)18(4)5/h6-8,10H,9,15H2,1-5H3,(H,17,19). The summed E-state index contributed by atoms with van der Waals surface area (Å²) < 4.78 is 0. The van der Waals surface area contributed by atoms with Crippen molar-refractivity contribution in [2.45, 2.75) is 26.3 Å². The SMILES string of the molecule is CC(C)C(C)(CN)NC(=O)c1ccc(N(C)C)nc1. The fourth-order valence-corrected chi connectivity index (χ4v) is 1.55. The Hall–Kier alpha value is -1.62. The lowest BCUT2D eigenvalue weighted by Gasteiger charge is -2.33. The third-order valence-corrected chi connectivity index (χ3v) is 3.57. The zero-order valence-electron chi connectivity index (χ0n) is 12.4. The summed E-state index contributed by atoms with van der Waals surface area (Å²) in [5.41, 5.74) is 5.90. The van der Waals surface area contributed by atoms with Gasteiger partial charge in [-0.05, 0) is 25.0 Å². The number of hydrogen-bond donors (Lipinski definition) is 2. The van der Waals surface area contributed by atoms with E-state index in [4.69, 9.17) is 5.73 Å². The number of hydrogen-bond acceptors (Lipinski definition) is 4. The quantitative estimate of drug-likeness (QED) is 0.839. The van der Waals surface area contributed by atoms with Crippen LogP contribution in [-0.4, -0.2) is 37.1 Å². The van der Waals surface area contributed by atoms with E-state index in [-0.39, 0.29) is 11.8 Å². The van der Waals surface area contributed by atoms with Gasteiger partial charge in [0.05, 0.1) is 11.1 Å². The van der Waals surface area contributed by atoms with Gasteiger partial charge in [-0.25, -0.2) is 4.98 Å². The first kappa shape index (κ1) is 15.4. The summed E-state index contributed by atoms with van der Waals surface area (Å²) in [7, 11) is 3.82. The largest absolute Gasteiger partial charge is 0.363 e. The lowest BCUT2D eigenvalue weighted by molar-refractivity contribution is 0.0883. The van der Waals surface area contributed by atoms with Crippen LogP contribution in [0.1, 0.15) is 31.1 Å². The lowest BCUT2D eigenvalue weighted by Crippen LogP contribution is -2.55. The van der Waals surface area contributed by atoms with Crippen molar-refractivity contribution in [3.05, 3.63) is 23.9 Å². The Morgan fingerprint density at radius 1 is 1.47 bits per heavy atom. The molecule has 0 aliphatic carbocycles. The van der Waals surface area contributed by atoms with E-state index >= 15 is 0 Å². The summed E-state index contributed by atoms with van der Waals surface area (Å²) in [6.45, 7) is 6.44. The molecule has 5 heteroatoms. The first-order valence-corrected chi connectivity index (χ1v) is 6.46. The monoisotopic (exact) mass is 264 g/mol. The summed E-state index contributed by atoms with van der Waals surface area (Å²) >= 11 is 0. The molecule has 3 N–H and O–H groups in total. The normalized spacial score (nSPS) is 14.1. The summed E-state index contributed by atoms with van der Waals surface area (Å²) in [6, 6.07) is 3.60. The molecule has 5 nitrogen and oxygen atoms in total. The van der Waals surface area contributed by atoms with Gasteiger partial charge in [0.2, 0.25) is 0 Å². The van der Waals surface area contributed by atoms with Gasteiger partial charge >= 0.3 is 0 Å². The first-order chi connectivity index (χ1) is 8.80. The van der Waals surface area contributed by atoms with Crippen LogP contribution in [0.3, 0.4) is 0 Å². The Bertz CT molecular complexity index is 428. The fourth-order valence-electron chi connectivity index (χ4n) is 1.55. The van der Waals surface area contributed by atoms with E-state index in [0.717, 1.165) is 5.82 Å². The molecule has 0 spiro atoms. The molecule has 0 aliphatic heterocycles. The van der Waals surface area contributed by atoms with E-state index < -0.39 is 5.54 Å². The van der Waals surface area contributed by atoms with Crippen LogP contribution in [0, 0.1) is 5.92 Å². The van der Waals surface area contributed by atoms with Gasteiger partial charge in [0, 0.05) is 26.8 Å². The van der Waals surface area contributed by atoms with Gasteiger partial charge in [0.1, 0.15) is 5.82 Å². The molecule has 0 bridgehead atoms. The highest BCUT2D eigenvalue weighted by atomic mass is 16.1. The first-order valence-electron chi connectivity index (χ1n) is 6.46. The third-order valence-electron chi connectivity index (χ3n) is 3.57. The second-order valence-corrected chi connectivity index (χ2v) is 5.53. The van der Waals surface area contributed by atoms with Crippen molar-refractivity contribution in [2.75, 3.05) is 25.5 Å². The molecule has 19 heavy (non-hydrogen) atoms. The number of aromatic nitrogens is 1. The van der Waals surface area contributed by atoms with Crippen molar-refractivity contribution in [2.24, 2.45) is 11.7 Å². The number of nitrogens with one attached hydrogen (secondary N) is 1. The minimum atomic E-state index is -0.405. The second-order valence-electron chi connectivity index (χ2n) is 5.53. The number of carbonyl (C=O) groups is 1. The number of anilines is 1. The van der Waals surface area contributed by atoms with Crippen LogP contribution < -0.4 is 16.0 Å². The average molecular weight is 264 g/mol. The molecular formula is C14H24N4O. The molecule has 0 radical (unpaired) electrons. The highest BCUT2D eigenvalue weighted by Crippen LogP contribution is 2.16. The molecule has 0 fully saturated rings. The lowest BCUT2D eigenvalue weighted by atomic mass is 9.88. The van der Waals surface area contributed by atoms with Crippen LogP contribution in [0.4, 0.5) is 5.82 Å². The van der Waals surface area contributed by atoms with Crippen molar-refractivity contribution < 1.29 is 4.79 Å². The van der Waals surface area contributed by atoms with Gasteiger partial charge in [-0.3, -0.25) is 4.79 Å². The predicted molar refractivity (Wildman–Crippen MR) is 78.3 cm³/mol. The van der Waals surface area contributed by atoms with Crippen LogP contribution in [0.25, 0.3) is 0 Å². The zero-order valence-corrected chi connectivity index (χ0v) is 12.4. The van der Waals surface area contributed by atoms with Crippen LogP contribution in [0.5, 0.6) is 0 Å². The Balaban J connectivity index is 2.83. The van der Waals surface area contributed by atoms with Crippen molar-refractivity contribution in [1.82, 2.24) is 10.3 Å². The van der Waals surface area contributed by atoms with E-state index in [1.807, 2.05) is 45.8 Å². The van der Waals surface area contributed by atoms with E-state index in [9.17, 15) is 4.79 Å². The molecule has 0 aromatic carbocycles. The average Bonchev–Trinajstić information content (AvgIpc) is 2.38. The molecule has 1 heterocycles. The maximum atomic E-state index is 12.2. The van der Waals surface area contributed by atoms with E-state index in [0.29, 0.717) is 12.1 Å². The smallest absolute Gasteiger partial charge is 0.253 e. The molecular weight excluding hydrogens is 240 g/mol. The van der Waals surface area contributed by atoms with Crippen LogP contribution >= 0.6 is 0 Å². The molecule has 0 saturated heterocycles. The molecule has 1 aromatic rings. The molecule has 1 atom stereocenters. The second kappa shape index (κ2) is 6.02. The topological polar surface area (TPSA) is 71.2 Å². The van der Waals surface area contributed by atoms with Crippen molar-refractivity contribution in [3.8, 4) is 0 Å². The van der Waals surface area contributed by atoms with Crippen molar-refractivity contribution in [1.29, 1.82) is 0 Å². The summed E-state index contributed by atoms with van der Waals surface area (Å²) in [5.74, 6) is 0.942. The summed E-state index contributed by atoms with van der Waals surface area (Å²) in [5, 5.41) is 2.99. The Labute approximate surface area is 115 Å². The molecule has 1 rings (SSSR count). The number of amides is 1. The van der Waals surface area contributed by atoms with Crippen molar-refractivity contribution in [3.63, 3.8) is 0 Å². The van der Waals surface area contributed by atoms with E-state index in [1.165, 1.54) is 0 Å². The fraction of sp³-hybridized carbons (Fsp3) is 0.571. The number of rotatable bonds is 5. The number of nitrogens with two attached hydrogens (primary N) is 1. The van der Waals surface area contributed by atoms with Gasteiger partial charge in [-0.1, -0.05) is 13.8 Å². The highest BCUT2D eigenvalue weighted by Gasteiger charge is 2.28. The van der Waals surface area contributed by atoms with Crippen molar-refractivity contribution >= 4 is 11.7 Å². The van der Waals surface area contributed by atoms with Gasteiger partial charge in [-0.2, -0.15) is 0 Å². The minimum absolute atomic E-state index is 0.139. The van der Waals surface area contributed by atoms with Crippen LogP contribution in [-0.2, 0) is 0 Å². The van der Waals surface area contributed by atoms with E-state index in [2.05, 4.69) is 10.3 Å². The zero-order chi connectivity index (χ0) is 14.6. The van der Waals surface area contributed by atoms with Gasteiger partial charge in [0.25, 0.3) is 5.91 Å². The number of pyridine rings is 1. The predicted octanol–water partition coefficient (Wildman–Crippen LogP) is 1.25. The molecule has 1 aromatic heterocycles. The van der Waals surface area contributed by atoms with Gasteiger partial charge in [0.15, 0.2) is 0 Å². The molecule has 106 valence electrons. The Morgan fingerprint density at radius 2 is 2.11 bits per heavy atom. The Kier molecular flexibility index (Phi) is 4.89. The summed E-state index contributed by atoms with van der Waals surface area (Å²) in [4.78, 5) is 18.3. The van der Waals surface area contributed by atoms with Gasteiger partial charge in [-0.15, -0.1) is 0 Å². The van der Waals surface area contributed by atoms with Crippen LogP contribution in [0.2, 0.25) is 0 Å². The van der Waals surface area contributed by atoms with Crippen LogP contribution in [0.15, 0.2) is 18.3 Å². The molecule has 0 saturated carbocycles.